The summed E-state index contributed by atoms with van der Waals surface area (Å²) < 4.78 is 49.6. The van der Waals surface area contributed by atoms with Gasteiger partial charge in [0, 0.05) is 0 Å². The largest absolute Gasteiger partial charge is 0.486 e. The van der Waals surface area contributed by atoms with Crippen LogP contribution in [0, 0.1) is 29.3 Å². The Morgan fingerprint density at radius 2 is 1.64 bits per heavy atom. The smallest absolute Gasteiger partial charge is 0.165 e. The van der Waals surface area contributed by atoms with Gasteiger partial charge in [0.05, 0.1) is 6.10 Å². The van der Waals surface area contributed by atoms with Crippen LogP contribution in [0.4, 0.5) is 13.2 Å². The maximum Gasteiger partial charge on any atom is 0.165 e. The highest BCUT2D eigenvalue weighted by atomic mass is 19.2. The van der Waals surface area contributed by atoms with E-state index in [1.54, 1.807) is 30.3 Å². The predicted octanol–water partition coefficient (Wildman–Crippen LogP) is 8.23. The Morgan fingerprint density at radius 1 is 0.944 bits per heavy atom. The molecule has 1 atom stereocenters. The third-order valence-corrected chi connectivity index (χ3v) is 8.54. The predicted molar refractivity (Wildman–Crippen MR) is 138 cm³/mol. The van der Waals surface area contributed by atoms with Crippen LogP contribution in [0.1, 0.15) is 93.2 Å². The molecule has 5 heteroatoms. The lowest BCUT2D eigenvalue weighted by Gasteiger charge is -2.31. The monoisotopic (exact) mass is 500 g/mol. The van der Waals surface area contributed by atoms with Crippen molar-refractivity contribution in [1.82, 2.24) is 0 Å². The van der Waals surface area contributed by atoms with Gasteiger partial charge in [0.15, 0.2) is 23.2 Å². The Bertz CT molecular complexity index is 1020. The van der Waals surface area contributed by atoms with Crippen molar-refractivity contribution in [2.24, 2.45) is 11.8 Å². The van der Waals surface area contributed by atoms with Gasteiger partial charge < -0.3 is 9.84 Å². The summed E-state index contributed by atoms with van der Waals surface area (Å²) in [5.74, 6) is -0.369. The zero-order valence-corrected chi connectivity index (χ0v) is 21.3. The first kappa shape index (κ1) is 26.8. The summed E-state index contributed by atoms with van der Waals surface area (Å²) in [4.78, 5) is 0. The number of benzene rings is 2. The number of hydrogen-bond acceptors (Lipinski definition) is 2. The fourth-order valence-electron chi connectivity index (χ4n) is 6.21. The highest BCUT2D eigenvalue weighted by Crippen LogP contribution is 2.40. The SMILES string of the molecule is C=CCOc1ccc(C2CCC(CCc3ccc(C4CCC(C(C)O)CC4)c(F)c3F)CC2)cc1F. The minimum absolute atomic E-state index is 0.0336. The molecule has 2 aliphatic rings. The maximum absolute atomic E-state index is 15.0. The van der Waals surface area contributed by atoms with Crippen LogP contribution in [0.3, 0.4) is 0 Å². The van der Waals surface area contributed by atoms with Crippen LogP contribution in [-0.2, 0) is 6.42 Å². The lowest BCUT2D eigenvalue weighted by atomic mass is 9.76. The number of ether oxygens (including phenoxy) is 1. The molecule has 0 spiro atoms. The van der Waals surface area contributed by atoms with Gasteiger partial charge in [-0.1, -0.05) is 30.9 Å². The first-order valence-electron chi connectivity index (χ1n) is 13.5. The number of aliphatic hydroxyl groups excluding tert-OH is 1. The second kappa shape index (κ2) is 12.3. The number of aryl methyl sites for hydroxylation is 1. The molecule has 2 fully saturated rings. The van der Waals surface area contributed by atoms with E-state index in [1.807, 2.05) is 13.0 Å². The molecule has 2 nitrogen and oxygen atoms in total. The van der Waals surface area contributed by atoms with E-state index in [2.05, 4.69) is 6.58 Å². The zero-order valence-electron chi connectivity index (χ0n) is 21.3. The molecule has 0 aliphatic heterocycles. The first-order chi connectivity index (χ1) is 17.4. The van der Waals surface area contributed by atoms with E-state index in [0.29, 0.717) is 29.4 Å². The van der Waals surface area contributed by atoms with Crippen LogP contribution >= 0.6 is 0 Å². The molecule has 0 aromatic heterocycles. The molecule has 0 saturated heterocycles. The summed E-state index contributed by atoms with van der Waals surface area (Å²) in [6.07, 6.45) is 9.90. The number of hydrogen-bond donors (Lipinski definition) is 1. The Kier molecular flexibility index (Phi) is 9.16. The van der Waals surface area contributed by atoms with Crippen LogP contribution in [0.2, 0.25) is 0 Å². The van der Waals surface area contributed by atoms with Gasteiger partial charge in [0.1, 0.15) is 6.61 Å². The van der Waals surface area contributed by atoms with E-state index >= 15 is 0 Å². The average Bonchev–Trinajstić information content (AvgIpc) is 2.89. The summed E-state index contributed by atoms with van der Waals surface area (Å²) in [5.41, 5.74) is 1.96. The summed E-state index contributed by atoms with van der Waals surface area (Å²) in [5, 5.41) is 9.80. The average molecular weight is 501 g/mol. The van der Waals surface area contributed by atoms with Gasteiger partial charge in [0.25, 0.3) is 0 Å². The standard InChI is InChI=1S/C31H39F3O2/c1-3-18-36-29-17-15-26(19-28(29)32)23-7-4-21(5-8-23)6-9-25-14-16-27(31(34)30(25)33)24-12-10-22(11-13-24)20(2)35/h3,14-17,19-24,35H,1,4-13,18H2,2H3. The van der Waals surface area contributed by atoms with Crippen molar-refractivity contribution < 1.29 is 23.0 Å². The Balaban J connectivity index is 1.28. The number of rotatable bonds is 9. The second-order valence-electron chi connectivity index (χ2n) is 10.8. The van der Waals surface area contributed by atoms with Crippen LogP contribution < -0.4 is 4.74 Å². The molecule has 2 aromatic carbocycles. The lowest BCUT2D eigenvalue weighted by Crippen LogP contribution is -2.23. The van der Waals surface area contributed by atoms with E-state index < -0.39 is 11.6 Å². The zero-order chi connectivity index (χ0) is 25.7. The third kappa shape index (κ3) is 6.34. The van der Waals surface area contributed by atoms with Crippen molar-refractivity contribution in [1.29, 1.82) is 0 Å². The number of halogens is 3. The minimum atomic E-state index is -0.687. The fraction of sp³-hybridized carbons (Fsp3) is 0.548. The fourth-order valence-corrected chi connectivity index (χ4v) is 6.21. The molecule has 196 valence electrons. The molecule has 1 unspecified atom stereocenters. The number of aliphatic hydroxyl groups is 1. The quantitative estimate of drug-likeness (QED) is 0.351. The summed E-state index contributed by atoms with van der Waals surface area (Å²) in [6.45, 7) is 5.67. The molecule has 36 heavy (non-hydrogen) atoms. The van der Waals surface area contributed by atoms with E-state index in [-0.39, 0.29) is 36.1 Å². The van der Waals surface area contributed by atoms with Gasteiger partial charge in [-0.3, -0.25) is 0 Å². The van der Waals surface area contributed by atoms with Gasteiger partial charge in [-0.15, -0.1) is 0 Å². The van der Waals surface area contributed by atoms with E-state index in [9.17, 15) is 18.3 Å². The van der Waals surface area contributed by atoms with Crippen molar-refractivity contribution in [2.75, 3.05) is 6.61 Å². The molecule has 0 heterocycles. The van der Waals surface area contributed by atoms with Crippen LogP contribution in [0.15, 0.2) is 43.0 Å². The van der Waals surface area contributed by atoms with Crippen molar-refractivity contribution >= 4 is 0 Å². The normalized spacial score (nSPS) is 25.4. The van der Waals surface area contributed by atoms with E-state index in [1.165, 1.54) is 0 Å². The molecular weight excluding hydrogens is 461 g/mol. The molecule has 2 aliphatic carbocycles. The Labute approximate surface area is 213 Å². The first-order valence-corrected chi connectivity index (χ1v) is 13.5. The van der Waals surface area contributed by atoms with Gasteiger partial charge in [-0.2, -0.15) is 0 Å². The molecule has 0 amide bonds. The van der Waals surface area contributed by atoms with Crippen molar-refractivity contribution in [3.63, 3.8) is 0 Å². The van der Waals surface area contributed by atoms with Gasteiger partial charge in [-0.25, -0.2) is 13.2 Å². The highest BCUT2D eigenvalue weighted by molar-refractivity contribution is 5.32. The molecule has 4 rings (SSSR count). The van der Waals surface area contributed by atoms with E-state index in [0.717, 1.165) is 63.4 Å². The van der Waals surface area contributed by atoms with Crippen LogP contribution in [0.5, 0.6) is 5.75 Å². The van der Waals surface area contributed by atoms with Gasteiger partial charge >= 0.3 is 0 Å². The molecule has 0 bridgehead atoms. The summed E-state index contributed by atoms with van der Waals surface area (Å²) in [6, 6.07) is 8.79. The van der Waals surface area contributed by atoms with Crippen molar-refractivity contribution in [2.45, 2.75) is 89.1 Å². The Hall–Kier alpha value is -2.27. The molecule has 0 radical (unpaired) electrons. The molecule has 2 aromatic rings. The van der Waals surface area contributed by atoms with Crippen molar-refractivity contribution in [3.05, 3.63) is 77.1 Å². The summed E-state index contributed by atoms with van der Waals surface area (Å²) >= 11 is 0. The second-order valence-corrected chi connectivity index (χ2v) is 10.8. The van der Waals surface area contributed by atoms with Crippen LogP contribution in [0.25, 0.3) is 0 Å². The van der Waals surface area contributed by atoms with Crippen molar-refractivity contribution in [3.8, 4) is 5.75 Å². The Morgan fingerprint density at radius 3 is 2.28 bits per heavy atom. The lowest BCUT2D eigenvalue weighted by molar-refractivity contribution is 0.0963. The minimum Gasteiger partial charge on any atom is -0.486 e. The maximum atomic E-state index is 15.0. The molecule has 2 saturated carbocycles. The molecular formula is C31H39F3O2. The summed E-state index contributed by atoms with van der Waals surface area (Å²) in [7, 11) is 0. The molecule has 1 N–H and O–H groups in total. The van der Waals surface area contributed by atoms with Gasteiger partial charge in [0.2, 0.25) is 0 Å². The van der Waals surface area contributed by atoms with Gasteiger partial charge in [-0.05, 0) is 124 Å². The third-order valence-electron chi connectivity index (χ3n) is 8.54. The van der Waals surface area contributed by atoms with Crippen LogP contribution in [-0.4, -0.2) is 17.8 Å². The van der Waals surface area contributed by atoms with E-state index in [4.69, 9.17) is 4.74 Å². The highest BCUT2D eigenvalue weighted by Gasteiger charge is 2.29. The topological polar surface area (TPSA) is 29.5 Å².